The van der Waals surface area contributed by atoms with E-state index in [2.05, 4.69) is 16.0 Å². The van der Waals surface area contributed by atoms with Gasteiger partial charge in [-0.3, -0.25) is 9.59 Å². The predicted molar refractivity (Wildman–Crippen MR) is 110 cm³/mol. The molecule has 7 heteroatoms. The highest BCUT2D eigenvalue weighted by Gasteiger charge is 2.29. The molecule has 0 atom stereocenters. The standard InChI is InChI=1S/C21H23N3O4/c1-5-16(23-14-8-6-13(7-9-14)22-12(2)25)20-15-10-18(27-3)19(28-4)11-17(15)24-21(20)26/h6-11,23H,5H2,1-4H3,(H,22,25)(H,24,26)/b20-16-. The summed E-state index contributed by atoms with van der Waals surface area (Å²) in [6.45, 7) is 3.44. The molecule has 3 rings (SSSR count). The number of carbonyl (C=O) groups excluding carboxylic acids is 2. The predicted octanol–water partition coefficient (Wildman–Crippen LogP) is 3.85. The van der Waals surface area contributed by atoms with E-state index in [1.807, 2.05) is 19.1 Å². The molecule has 146 valence electrons. The van der Waals surface area contributed by atoms with Crippen molar-refractivity contribution in [2.75, 3.05) is 30.2 Å². The minimum atomic E-state index is -0.176. The second-order valence-corrected chi connectivity index (χ2v) is 6.30. The second kappa shape index (κ2) is 8.04. The van der Waals surface area contributed by atoms with E-state index in [1.54, 1.807) is 38.5 Å². The Morgan fingerprint density at radius 3 is 2.11 bits per heavy atom. The Hall–Kier alpha value is -3.48. The maximum absolute atomic E-state index is 12.7. The third-order valence-electron chi connectivity index (χ3n) is 4.42. The highest BCUT2D eigenvalue weighted by molar-refractivity contribution is 6.32. The number of allylic oxidation sites excluding steroid dienone is 1. The molecule has 0 spiro atoms. The summed E-state index contributed by atoms with van der Waals surface area (Å²) in [4.78, 5) is 23.8. The summed E-state index contributed by atoms with van der Waals surface area (Å²) < 4.78 is 10.7. The lowest BCUT2D eigenvalue weighted by molar-refractivity contribution is -0.114. The molecule has 2 aromatic rings. The number of carbonyl (C=O) groups is 2. The van der Waals surface area contributed by atoms with Crippen LogP contribution in [0.5, 0.6) is 11.5 Å². The van der Waals surface area contributed by atoms with Crippen LogP contribution in [0.2, 0.25) is 0 Å². The summed E-state index contributed by atoms with van der Waals surface area (Å²) in [5.41, 5.74) is 4.35. The van der Waals surface area contributed by atoms with Gasteiger partial charge in [-0.1, -0.05) is 6.92 Å². The van der Waals surface area contributed by atoms with Crippen LogP contribution in [0.3, 0.4) is 0 Å². The molecule has 0 radical (unpaired) electrons. The number of methoxy groups -OCH3 is 2. The normalized spacial score (nSPS) is 14.1. The molecular formula is C21H23N3O4. The molecule has 7 nitrogen and oxygen atoms in total. The number of hydrogen-bond acceptors (Lipinski definition) is 5. The fourth-order valence-electron chi connectivity index (χ4n) is 3.14. The molecule has 2 aromatic carbocycles. The van der Waals surface area contributed by atoms with Gasteiger partial charge < -0.3 is 25.4 Å². The van der Waals surface area contributed by atoms with Crippen molar-refractivity contribution in [1.82, 2.24) is 0 Å². The van der Waals surface area contributed by atoms with E-state index in [-0.39, 0.29) is 11.8 Å². The molecule has 1 heterocycles. The average molecular weight is 381 g/mol. The summed E-state index contributed by atoms with van der Waals surface area (Å²) in [5.74, 6) is 0.818. The highest BCUT2D eigenvalue weighted by atomic mass is 16.5. The zero-order chi connectivity index (χ0) is 20.3. The molecule has 0 aliphatic carbocycles. The van der Waals surface area contributed by atoms with E-state index in [0.717, 1.165) is 16.9 Å². The van der Waals surface area contributed by atoms with Crippen molar-refractivity contribution in [1.29, 1.82) is 0 Å². The van der Waals surface area contributed by atoms with E-state index in [0.29, 0.717) is 34.9 Å². The van der Waals surface area contributed by atoms with Crippen molar-refractivity contribution >= 4 is 34.4 Å². The van der Waals surface area contributed by atoms with Crippen LogP contribution in [0.15, 0.2) is 42.1 Å². The van der Waals surface area contributed by atoms with Crippen molar-refractivity contribution in [3.8, 4) is 11.5 Å². The lowest BCUT2D eigenvalue weighted by atomic mass is 10.0. The number of amides is 2. The lowest BCUT2D eigenvalue weighted by Crippen LogP contribution is -2.10. The zero-order valence-corrected chi connectivity index (χ0v) is 16.3. The van der Waals surface area contributed by atoms with Gasteiger partial charge >= 0.3 is 0 Å². The van der Waals surface area contributed by atoms with Crippen LogP contribution < -0.4 is 25.4 Å². The quantitative estimate of drug-likeness (QED) is 0.662. The van der Waals surface area contributed by atoms with E-state index >= 15 is 0 Å². The van der Waals surface area contributed by atoms with Gasteiger partial charge in [0.1, 0.15) is 0 Å². The molecule has 0 saturated heterocycles. The fraction of sp³-hybridized carbons (Fsp3) is 0.238. The summed E-state index contributed by atoms with van der Waals surface area (Å²) in [7, 11) is 3.12. The van der Waals surface area contributed by atoms with E-state index < -0.39 is 0 Å². The molecular weight excluding hydrogens is 358 g/mol. The monoisotopic (exact) mass is 381 g/mol. The van der Waals surface area contributed by atoms with Gasteiger partial charge in [0.15, 0.2) is 11.5 Å². The molecule has 3 N–H and O–H groups in total. The first-order valence-electron chi connectivity index (χ1n) is 8.92. The minimum absolute atomic E-state index is 0.124. The summed E-state index contributed by atoms with van der Waals surface area (Å²) >= 11 is 0. The highest BCUT2D eigenvalue weighted by Crippen LogP contribution is 2.42. The third kappa shape index (κ3) is 3.78. The van der Waals surface area contributed by atoms with Crippen LogP contribution in [-0.4, -0.2) is 26.0 Å². The van der Waals surface area contributed by atoms with Gasteiger partial charge in [0.25, 0.3) is 5.91 Å². The SMILES string of the molecule is CC/C(Nc1ccc(NC(C)=O)cc1)=C1/C(=O)Nc2cc(OC)c(OC)cc21. The van der Waals surface area contributed by atoms with Gasteiger partial charge in [-0.2, -0.15) is 0 Å². The topological polar surface area (TPSA) is 88.7 Å². The number of fused-ring (bicyclic) bond motifs is 1. The Morgan fingerprint density at radius 2 is 1.57 bits per heavy atom. The van der Waals surface area contributed by atoms with E-state index in [9.17, 15) is 9.59 Å². The zero-order valence-electron chi connectivity index (χ0n) is 16.3. The van der Waals surface area contributed by atoms with Crippen LogP contribution in [0, 0.1) is 0 Å². The molecule has 1 aliphatic rings. The number of rotatable bonds is 6. The molecule has 0 saturated carbocycles. The summed E-state index contributed by atoms with van der Waals surface area (Å²) in [6, 6.07) is 10.9. The van der Waals surface area contributed by atoms with Gasteiger partial charge in [-0.05, 0) is 36.8 Å². The Morgan fingerprint density at radius 1 is 1.00 bits per heavy atom. The molecule has 28 heavy (non-hydrogen) atoms. The number of benzene rings is 2. The molecule has 0 unspecified atom stereocenters. The van der Waals surface area contributed by atoms with Gasteiger partial charge in [-0.25, -0.2) is 0 Å². The lowest BCUT2D eigenvalue weighted by Gasteiger charge is -2.14. The number of hydrogen-bond donors (Lipinski definition) is 3. The average Bonchev–Trinajstić information content (AvgIpc) is 3.00. The first kappa shape index (κ1) is 19.3. The summed E-state index contributed by atoms with van der Waals surface area (Å²) in [6.07, 6.45) is 0.629. The van der Waals surface area contributed by atoms with Crippen molar-refractivity contribution in [2.24, 2.45) is 0 Å². The Balaban J connectivity index is 1.97. The minimum Gasteiger partial charge on any atom is -0.493 e. The second-order valence-electron chi connectivity index (χ2n) is 6.30. The molecule has 2 amide bonds. The van der Waals surface area contributed by atoms with E-state index in [1.165, 1.54) is 6.92 Å². The van der Waals surface area contributed by atoms with E-state index in [4.69, 9.17) is 9.47 Å². The number of anilines is 3. The largest absolute Gasteiger partial charge is 0.493 e. The maximum Gasteiger partial charge on any atom is 0.258 e. The van der Waals surface area contributed by atoms with Crippen molar-refractivity contribution in [3.63, 3.8) is 0 Å². The molecule has 0 fully saturated rings. The molecule has 0 bridgehead atoms. The van der Waals surface area contributed by atoms with Crippen LogP contribution in [-0.2, 0) is 9.59 Å². The Labute approximate surface area is 163 Å². The molecule has 1 aliphatic heterocycles. The Bertz CT molecular complexity index is 949. The first-order chi connectivity index (χ1) is 13.5. The van der Waals surface area contributed by atoms with Crippen LogP contribution in [0.25, 0.3) is 5.57 Å². The van der Waals surface area contributed by atoms with Crippen molar-refractivity contribution < 1.29 is 19.1 Å². The third-order valence-corrected chi connectivity index (χ3v) is 4.42. The van der Waals surface area contributed by atoms with Gasteiger partial charge in [0, 0.05) is 35.6 Å². The summed E-state index contributed by atoms with van der Waals surface area (Å²) in [5, 5.41) is 8.94. The molecule has 0 aromatic heterocycles. The van der Waals surface area contributed by atoms with Crippen molar-refractivity contribution in [2.45, 2.75) is 20.3 Å². The fourth-order valence-corrected chi connectivity index (χ4v) is 3.14. The van der Waals surface area contributed by atoms with Crippen LogP contribution >= 0.6 is 0 Å². The van der Waals surface area contributed by atoms with Crippen LogP contribution in [0.1, 0.15) is 25.8 Å². The van der Waals surface area contributed by atoms with Gasteiger partial charge in [0.05, 0.1) is 25.5 Å². The Kier molecular flexibility index (Phi) is 5.54. The smallest absolute Gasteiger partial charge is 0.258 e. The van der Waals surface area contributed by atoms with Crippen LogP contribution in [0.4, 0.5) is 17.1 Å². The van der Waals surface area contributed by atoms with Crippen molar-refractivity contribution in [3.05, 3.63) is 47.7 Å². The number of nitrogens with one attached hydrogen (secondary N) is 3. The number of ether oxygens (including phenoxy) is 2. The first-order valence-corrected chi connectivity index (χ1v) is 8.92. The van der Waals surface area contributed by atoms with Gasteiger partial charge in [-0.15, -0.1) is 0 Å². The van der Waals surface area contributed by atoms with Gasteiger partial charge in [0.2, 0.25) is 5.91 Å². The maximum atomic E-state index is 12.7.